The van der Waals surface area contributed by atoms with Crippen LogP contribution in [-0.4, -0.2) is 3.71 Å². The molecule has 0 fully saturated rings. The number of hydrogen-bond acceptors (Lipinski definition) is 0. The molecule has 0 N–H and O–H groups in total. The van der Waals surface area contributed by atoms with Crippen LogP contribution in [0, 0.1) is 0 Å². The molecule has 0 spiro atoms. The molecule has 0 atom stereocenters. The molecule has 252 valence electrons. The first kappa shape index (κ1) is 34.2. The van der Waals surface area contributed by atoms with Crippen molar-refractivity contribution in [2.45, 2.75) is 65.2 Å². The van der Waals surface area contributed by atoms with Gasteiger partial charge < -0.3 is 0 Å². The summed E-state index contributed by atoms with van der Waals surface area (Å²) in [4.78, 5) is 0. The van der Waals surface area contributed by atoms with Crippen molar-refractivity contribution in [1.29, 1.82) is 0 Å². The van der Waals surface area contributed by atoms with E-state index in [4.69, 9.17) is 11.6 Å². The summed E-state index contributed by atoms with van der Waals surface area (Å²) in [6.07, 6.45) is 9.07. The van der Waals surface area contributed by atoms with Crippen LogP contribution in [0.4, 0.5) is 0 Å². The molecule has 2 aliphatic carbocycles. The van der Waals surface area contributed by atoms with Gasteiger partial charge in [-0.3, -0.25) is 0 Å². The zero-order valence-corrected chi connectivity index (χ0v) is 33.8. The summed E-state index contributed by atoms with van der Waals surface area (Å²) in [6.45, 7) is 14.3. The number of rotatable bonds is 5. The van der Waals surface area contributed by atoms with Crippen LogP contribution < -0.4 is 3.27 Å². The second kappa shape index (κ2) is 13.3. The third-order valence-corrected chi connectivity index (χ3v) is 17.8. The van der Waals surface area contributed by atoms with Crippen molar-refractivity contribution in [3.05, 3.63) is 170 Å². The van der Waals surface area contributed by atoms with E-state index in [9.17, 15) is 0 Å². The van der Waals surface area contributed by atoms with Crippen molar-refractivity contribution in [1.82, 2.24) is 0 Å². The predicted molar refractivity (Wildman–Crippen MR) is 219 cm³/mol. The molecule has 2 heteroatoms. The first-order valence-electron chi connectivity index (χ1n) is 18.2. The Kier molecular flexibility index (Phi) is 8.89. The third-order valence-electron chi connectivity index (χ3n) is 10.7. The number of benzene rings is 6. The maximum atomic E-state index is 6.80. The van der Waals surface area contributed by atoms with Gasteiger partial charge in [-0.05, 0) is 0 Å². The molecular formula is C49H45ClZr. The molecule has 0 unspecified atom stereocenters. The van der Waals surface area contributed by atoms with Gasteiger partial charge >= 0.3 is 319 Å². The molecule has 6 aromatic carbocycles. The molecule has 0 bridgehead atoms. The molecule has 0 saturated carbocycles. The first-order chi connectivity index (χ1) is 24.5. The summed E-state index contributed by atoms with van der Waals surface area (Å²) >= 11 is 3.98. The molecule has 0 nitrogen and oxygen atoms in total. The van der Waals surface area contributed by atoms with Gasteiger partial charge in [0.15, 0.2) is 0 Å². The fourth-order valence-corrected chi connectivity index (χ4v) is 15.6. The molecule has 51 heavy (non-hydrogen) atoms. The quantitative estimate of drug-likeness (QED) is 0.164. The summed E-state index contributed by atoms with van der Waals surface area (Å²) in [5, 5.41) is 3.18. The van der Waals surface area contributed by atoms with Crippen LogP contribution >= 0.6 is 11.6 Å². The SMILES string of the molecule is CC(C)(C)c1cc2c(cc1-c1ccccc1)Cc1c-2cc(C(C)(C)C)c(-c2ccccc2)[c]1/[Zr](=[CH]\c1cccc2c(Cl)cccc12)[C]1=CC=CC1. The van der Waals surface area contributed by atoms with Gasteiger partial charge in [-0.15, -0.1) is 0 Å². The predicted octanol–water partition coefficient (Wildman–Crippen LogP) is 12.9. The fraction of sp³-hybridized carbons (Fsp3) is 0.204. The molecular weight excluding hydrogens is 715 g/mol. The molecule has 0 radical (unpaired) electrons. The van der Waals surface area contributed by atoms with E-state index in [0.29, 0.717) is 0 Å². The summed E-state index contributed by atoms with van der Waals surface area (Å²) in [5.74, 6) is 0. The van der Waals surface area contributed by atoms with Crippen molar-refractivity contribution >= 4 is 29.4 Å². The number of hydrogen-bond donors (Lipinski definition) is 0. The Hall–Kier alpha value is -3.90. The average molecular weight is 761 g/mol. The second-order valence-corrected chi connectivity index (χ2v) is 22.2. The summed E-state index contributed by atoms with van der Waals surface area (Å²) in [6, 6.07) is 42.9. The molecule has 8 rings (SSSR count). The molecule has 0 aliphatic heterocycles. The van der Waals surface area contributed by atoms with E-state index in [0.717, 1.165) is 23.3 Å². The molecule has 0 saturated heterocycles. The summed E-state index contributed by atoms with van der Waals surface area (Å²) < 4.78 is 5.99. The van der Waals surface area contributed by atoms with Crippen LogP contribution in [0.15, 0.2) is 137 Å². The van der Waals surface area contributed by atoms with Gasteiger partial charge in [0, 0.05) is 0 Å². The Morgan fingerprint density at radius 3 is 1.94 bits per heavy atom. The number of fused-ring (bicyclic) bond motifs is 4. The van der Waals surface area contributed by atoms with Gasteiger partial charge in [0.1, 0.15) is 0 Å². The number of allylic oxidation sites excluding steroid dienone is 4. The molecule has 0 heterocycles. The van der Waals surface area contributed by atoms with E-state index in [-0.39, 0.29) is 10.8 Å². The Morgan fingerprint density at radius 1 is 0.627 bits per heavy atom. The Balaban J connectivity index is 1.49. The normalized spacial score (nSPS) is 14.2. The van der Waals surface area contributed by atoms with E-state index in [1.807, 2.05) is 6.07 Å². The van der Waals surface area contributed by atoms with Crippen molar-refractivity contribution in [2.75, 3.05) is 0 Å². The monoisotopic (exact) mass is 758 g/mol. The summed E-state index contributed by atoms with van der Waals surface area (Å²) in [7, 11) is 0. The Bertz CT molecular complexity index is 2410. The van der Waals surface area contributed by atoms with Crippen LogP contribution in [0.25, 0.3) is 44.2 Å². The Labute approximate surface area is 316 Å². The fourth-order valence-electron chi connectivity index (χ4n) is 8.20. The third kappa shape index (κ3) is 6.32. The van der Waals surface area contributed by atoms with Gasteiger partial charge in [0.2, 0.25) is 0 Å². The van der Waals surface area contributed by atoms with Crippen molar-refractivity contribution in [3.63, 3.8) is 0 Å². The van der Waals surface area contributed by atoms with Crippen LogP contribution in [0.5, 0.6) is 0 Å². The van der Waals surface area contributed by atoms with E-state index < -0.39 is 21.3 Å². The van der Waals surface area contributed by atoms with Gasteiger partial charge in [-0.1, -0.05) is 0 Å². The van der Waals surface area contributed by atoms with Crippen molar-refractivity contribution < 1.29 is 21.3 Å². The summed E-state index contributed by atoms with van der Waals surface area (Å²) in [5.41, 5.74) is 15.4. The van der Waals surface area contributed by atoms with Crippen LogP contribution in [-0.2, 0) is 38.5 Å². The zero-order chi connectivity index (χ0) is 35.5. The second-order valence-electron chi connectivity index (χ2n) is 16.2. The minimum atomic E-state index is -2.81. The molecule has 6 aromatic rings. The van der Waals surface area contributed by atoms with E-state index in [1.54, 1.807) is 12.1 Å². The first-order valence-corrected chi connectivity index (χ1v) is 22.5. The van der Waals surface area contributed by atoms with Crippen LogP contribution in [0.3, 0.4) is 0 Å². The van der Waals surface area contributed by atoms with E-state index in [2.05, 4.69) is 173 Å². The number of halogens is 1. The van der Waals surface area contributed by atoms with Crippen molar-refractivity contribution in [2.24, 2.45) is 0 Å². The standard InChI is InChI=1S/C33H33.C11H7Cl.C5H5.Zr/c1-32(2,3)30-20-26-24(18-28(30)22-13-9-7-10-14-22)17-25-19-29(23-15-11-8-12-16-23)31(21-27(25)26)33(4,5)6;1-8-4-2-6-10-9(8)5-3-7-11(10)12;1-2-4-5-3-1;/h7-16,18,20-21H,17H2,1-6H3;1-7H;1-3H,4H2;. The van der Waals surface area contributed by atoms with Crippen LogP contribution in [0.2, 0.25) is 5.02 Å². The van der Waals surface area contributed by atoms with E-state index >= 15 is 0 Å². The Morgan fingerprint density at radius 2 is 1.27 bits per heavy atom. The topological polar surface area (TPSA) is 0 Å². The van der Waals surface area contributed by atoms with Gasteiger partial charge in [-0.2, -0.15) is 0 Å². The minimum absolute atomic E-state index is 0.00665. The molecule has 0 amide bonds. The van der Waals surface area contributed by atoms with Gasteiger partial charge in [-0.25, -0.2) is 0 Å². The van der Waals surface area contributed by atoms with Gasteiger partial charge in [0.05, 0.1) is 0 Å². The molecule has 2 aliphatic rings. The van der Waals surface area contributed by atoms with Crippen LogP contribution in [0.1, 0.15) is 75.8 Å². The zero-order valence-electron chi connectivity index (χ0n) is 30.6. The van der Waals surface area contributed by atoms with Gasteiger partial charge in [0.25, 0.3) is 0 Å². The average Bonchev–Trinajstić information content (AvgIpc) is 3.78. The molecule has 0 aromatic heterocycles. The van der Waals surface area contributed by atoms with Crippen molar-refractivity contribution in [3.8, 4) is 33.4 Å². The maximum absolute atomic E-state index is 6.80. The van der Waals surface area contributed by atoms with E-state index in [1.165, 1.54) is 61.0 Å².